The van der Waals surface area contributed by atoms with Crippen molar-refractivity contribution in [1.29, 1.82) is 0 Å². The van der Waals surface area contributed by atoms with Gasteiger partial charge in [0.2, 0.25) is 0 Å². The van der Waals surface area contributed by atoms with E-state index >= 15 is 0 Å². The van der Waals surface area contributed by atoms with Gasteiger partial charge >= 0.3 is 0 Å². The van der Waals surface area contributed by atoms with Crippen molar-refractivity contribution in [3.8, 4) is 0 Å². The van der Waals surface area contributed by atoms with Crippen LogP contribution in [0.1, 0.15) is 20.3 Å². The smallest absolute Gasteiger partial charge is 0.0833 e. The first kappa shape index (κ1) is 6.81. The molecule has 1 unspecified atom stereocenters. The zero-order valence-corrected chi connectivity index (χ0v) is 6.48. The summed E-state index contributed by atoms with van der Waals surface area (Å²) in [6, 6.07) is 0. The van der Waals surface area contributed by atoms with Gasteiger partial charge in [0.05, 0.1) is 10.3 Å². The maximum Gasteiger partial charge on any atom is 0.0833 e. The van der Waals surface area contributed by atoms with Crippen molar-refractivity contribution >= 4 is 23.5 Å². The van der Waals surface area contributed by atoms with Crippen LogP contribution in [-0.4, -0.2) is 16.5 Å². The molecule has 50 valence electrons. The van der Waals surface area contributed by atoms with Crippen LogP contribution in [0, 0.1) is 0 Å². The zero-order chi connectivity index (χ0) is 6.74. The highest BCUT2D eigenvalue weighted by Crippen LogP contribution is 2.26. The monoisotopic (exact) mass is 142 g/mol. The summed E-state index contributed by atoms with van der Waals surface area (Å²) in [5, 5.41) is 7.55. The Labute approximate surface area is 59.4 Å². The van der Waals surface area contributed by atoms with E-state index in [1.165, 1.54) is 0 Å². The minimum absolute atomic E-state index is 0.196. The highest BCUT2D eigenvalue weighted by Gasteiger charge is 2.20. The normalized spacial score (nSPS) is 33.1. The van der Waals surface area contributed by atoms with Crippen LogP contribution in [0.2, 0.25) is 0 Å². The molecule has 1 aliphatic heterocycles. The van der Waals surface area contributed by atoms with Crippen molar-refractivity contribution < 1.29 is 0 Å². The van der Waals surface area contributed by atoms with Crippen molar-refractivity contribution in [3.63, 3.8) is 0 Å². The summed E-state index contributed by atoms with van der Waals surface area (Å²) in [5.41, 5.74) is 1.80. The lowest BCUT2D eigenvalue weighted by Crippen LogP contribution is -2.21. The fraction of sp³-hybridized carbons (Fsp3) is 0.667. The van der Waals surface area contributed by atoms with E-state index < -0.39 is 0 Å². The van der Waals surface area contributed by atoms with E-state index in [-0.39, 0.29) is 4.75 Å². The van der Waals surface area contributed by atoms with Crippen LogP contribution in [0.3, 0.4) is 0 Å². The number of hydrogen-bond acceptors (Lipinski definition) is 3. The largest absolute Gasteiger partial charge is 0.162 e. The molecule has 1 aliphatic rings. The van der Waals surface area contributed by atoms with E-state index in [0.717, 1.165) is 6.42 Å². The van der Waals surface area contributed by atoms with Gasteiger partial charge in [-0.2, -0.15) is 10.2 Å². The Morgan fingerprint density at radius 2 is 2.33 bits per heavy atom. The zero-order valence-electron chi connectivity index (χ0n) is 5.66. The van der Waals surface area contributed by atoms with Gasteiger partial charge in [-0.3, -0.25) is 0 Å². The van der Waals surface area contributed by atoms with Gasteiger partial charge in [-0.25, -0.2) is 0 Å². The molecule has 2 nitrogen and oxygen atoms in total. The molecule has 3 heteroatoms. The first-order chi connectivity index (χ1) is 4.27. The number of hydrogen-bond donors (Lipinski definition) is 0. The van der Waals surface area contributed by atoms with Gasteiger partial charge in [-0.1, -0.05) is 18.7 Å². The van der Waals surface area contributed by atoms with E-state index in [1.807, 2.05) is 6.21 Å². The summed E-state index contributed by atoms with van der Waals surface area (Å²) < 4.78 is 0.196. The maximum atomic E-state index is 3.82. The van der Waals surface area contributed by atoms with Gasteiger partial charge in [-0.15, -0.1) is 0 Å². The summed E-state index contributed by atoms with van der Waals surface area (Å²) in [5.74, 6) is 0. The molecule has 1 rings (SSSR count). The minimum Gasteiger partial charge on any atom is -0.162 e. The molecule has 0 aromatic carbocycles. The first-order valence-corrected chi connectivity index (χ1v) is 3.89. The lowest BCUT2D eigenvalue weighted by atomic mass is 10.1. The summed E-state index contributed by atoms with van der Waals surface area (Å²) in [6.07, 6.45) is 3.00. The molecular formula is C6H10N2S. The fourth-order valence-corrected chi connectivity index (χ4v) is 1.15. The van der Waals surface area contributed by atoms with Crippen molar-refractivity contribution in [1.82, 2.24) is 0 Å². The van der Waals surface area contributed by atoms with Gasteiger partial charge < -0.3 is 0 Å². The molecule has 0 amide bonds. The molecule has 1 heterocycles. The quantitative estimate of drug-likeness (QED) is 0.549. The van der Waals surface area contributed by atoms with Crippen molar-refractivity contribution in [2.45, 2.75) is 25.0 Å². The molecule has 0 spiro atoms. The van der Waals surface area contributed by atoms with Crippen molar-refractivity contribution in [2.24, 2.45) is 10.2 Å². The lowest BCUT2D eigenvalue weighted by molar-refractivity contribution is 0.807. The highest BCUT2D eigenvalue weighted by atomic mass is 32.2. The van der Waals surface area contributed by atoms with Gasteiger partial charge in [0.15, 0.2) is 0 Å². The predicted octanol–water partition coefficient (Wildman–Crippen LogP) is 1.92. The average molecular weight is 142 g/mol. The Bertz CT molecular complexity index is 153. The van der Waals surface area contributed by atoms with Gasteiger partial charge in [0, 0.05) is 6.21 Å². The van der Waals surface area contributed by atoms with Gasteiger partial charge in [-0.05, 0) is 13.3 Å². The molecule has 0 N–H and O–H groups in total. The summed E-state index contributed by atoms with van der Waals surface area (Å²) in [4.78, 5) is 0. The van der Waals surface area contributed by atoms with Crippen LogP contribution in [0.15, 0.2) is 10.2 Å². The Morgan fingerprint density at radius 1 is 1.56 bits per heavy atom. The van der Waals surface area contributed by atoms with Crippen LogP contribution in [-0.2, 0) is 0 Å². The Balaban J connectivity index is 2.63. The van der Waals surface area contributed by atoms with E-state index in [4.69, 9.17) is 0 Å². The maximum absolute atomic E-state index is 3.82. The third kappa shape index (κ3) is 1.55. The fourth-order valence-electron chi connectivity index (χ4n) is 0.532. The van der Waals surface area contributed by atoms with E-state index in [2.05, 4.69) is 24.1 Å². The SMILES string of the molecule is CCC1(C)C=NN=CS1. The molecule has 0 aromatic rings. The van der Waals surface area contributed by atoms with Gasteiger partial charge in [0.25, 0.3) is 0 Å². The highest BCUT2D eigenvalue weighted by molar-refractivity contribution is 8.13. The number of rotatable bonds is 1. The number of thioether (sulfide) groups is 1. The molecule has 1 atom stereocenters. The van der Waals surface area contributed by atoms with Crippen LogP contribution in [0.5, 0.6) is 0 Å². The van der Waals surface area contributed by atoms with Crippen LogP contribution < -0.4 is 0 Å². The predicted molar refractivity (Wildman–Crippen MR) is 43.3 cm³/mol. The summed E-state index contributed by atoms with van der Waals surface area (Å²) in [6.45, 7) is 4.31. The molecule has 0 aromatic heterocycles. The second kappa shape index (κ2) is 2.52. The average Bonchev–Trinajstić information content (AvgIpc) is 1.90. The Morgan fingerprint density at radius 3 is 2.67 bits per heavy atom. The van der Waals surface area contributed by atoms with Crippen molar-refractivity contribution in [2.75, 3.05) is 0 Å². The molecule has 0 aliphatic carbocycles. The van der Waals surface area contributed by atoms with E-state index in [1.54, 1.807) is 17.3 Å². The molecular weight excluding hydrogens is 132 g/mol. The molecule has 0 radical (unpaired) electrons. The molecule has 9 heavy (non-hydrogen) atoms. The second-order valence-electron chi connectivity index (χ2n) is 2.25. The molecule has 0 saturated carbocycles. The second-order valence-corrected chi connectivity index (χ2v) is 3.63. The Hall–Kier alpha value is -0.310. The van der Waals surface area contributed by atoms with Crippen LogP contribution in [0.4, 0.5) is 0 Å². The minimum atomic E-state index is 0.196. The van der Waals surface area contributed by atoms with E-state index in [0.29, 0.717) is 0 Å². The summed E-state index contributed by atoms with van der Waals surface area (Å²) >= 11 is 1.72. The van der Waals surface area contributed by atoms with Crippen molar-refractivity contribution in [3.05, 3.63) is 0 Å². The standard InChI is InChI=1S/C6H10N2S/c1-3-6(2)4-7-8-5-9-6/h4-5H,3H2,1-2H3. The lowest BCUT2D eigenvalue weighted by Gasteiger charge is -2.20. The van der Waals surface area contributed by atoms with Crippen LogP contribution >= 0.6 is 11.8 Å². The topological polar surface area (TPSA) is 24.7 Å². The molecule has 0 saturated heterocycles. The number of nitrogens with zero attached hydrogens (tertiary/aromatic N) is 2. The van der Waals surface area contributed by atoms with Crippen LogP contribution in [0.25, 0.3) is 0 Å². The van der Waals surface area contributed by atoms with E-state index in [9.17, 15) is 0 Å². The Kier molecular flexibility index (Phi) is 1.90. The third-order valence-electron chi connectivity index (χ3n) is 1.47. The third-order valence-corrected chi connectivity index (χ3v) is 2.60. The summed E-state index contributed by atoms with van der Waals surface area (Å²) in [7, 11) is 0. The molecule has 0 fully saturated rings. The molecule has 0 bridgehead atoms. The first-order valence-electron chi connectivity index (χ1n) is 3.01. The van der Waals surface area contributed by atoms with Gasteiger partial charge in [0.1, 0.15) is 0 Å².